The van der Waals surface area contributed by atoms with Gasteiger partial charge >= 0.3 is 0 Å². The van der Waals surface area contributed by atoms with Gasteiger partial charge in [-0.1, -0.05) is 146 Å². The summed E-state index contributed by atoms with van der Waals surface area (Å²) < 4.78 is 0. The Morgan fingerprint density at radius 2 is 0.609 bits per heavy atom. The van der Waals surface area contributed by atoms with Crippen molar-refractivity contribution in [3.05, 3.63) is 168 Å². The van der Waals surface area contributed by atoms with Crippen LogP contribution in [0.4, 0.5) is 0 Å². The Morgan fingerprint density at radius 3 is 0.935 bits per heavy atom. The van der Waals surface area contributed by atoms with Crippen molar-refractivity contribution in [2.75, 3.05) is 0 Å². The third-order valence-corrected chi connectivity index (χ3v) is 14.8. The van der Waals surface area contributed by atoms with E-state index in [1.165, 1.54) is 83.2 Å². The first-order valence-corrected chi connectivity index (χ1v) is 19.7. The van der Waals surface area contributed by atoms with Gasteiger partial charge in [-0.25, -0.2) is 0 Å². The van der Waals surface area contributed by atoms with E-state index in [0.29, 0.717) is 0 Å². The molecule has 0 bridgehead atoms. The fraction of sp³-hybridized carbons (Fsp3) is 0.182. The molecule has 0 atom stereocenters. The molecular weight excluding hydrogens is 590 g/mol. The quantitative estimate of drug-likeness (QED) is 0.155. The molecular formula is C44H40P2. The van der Waals surface area contributed by atoms with Crippen molar-refractivity contribution in [3.8, 4) is 11.1 Å². The lowest BCUT2D eigenvalue weighted by Crippen LogP contribution is -2.29. The highest BCUT2D eigenvalue weighted by atomic mass is 31.1. The van der Waals surface area contributed by atoms with Crippen LogP contribution in [0.1, 0.15) is 47.9 Å². The van der Waals surface area contributed by atoms with Crippen LogP contribution in [0.15, 0.2) is 146 Å². The lowest BCUT2D eigenvalue weighted by atomic mass is 9.81. The summed E-state index contributed by atoms with van der Waals surface area (Å²) >= 11 is 0. The average molecular weight is 631 g/mol. The van der Waals surface area contributed by atoms with Crippen molar-refractivity contribution >= 4 is 47.7 Å². The summed E-state index contributed by atoms with van der Waals surface area (Å²) in [6, 6.07) is 55.5. The Morgan fingerprint density at radius 1 is 0.304 bits per heavy atom. The van der Waals surface area contributed by atoms with Gasteiger partial charge in [0, 0.05) is 0 Å². The molecule has 0 spiro atoms. The van der Waals surface area contributed by atoms with Gasteiger partial charge in [0.25, 0.3) is 0 Å². The van der Waals surface area contributed by atoms with Crippen LogP contribution in [0.3, 0.4) is 0 Å². The van der Waals surface area contributed by atoms with Gasteiger partial charge in [-0.15, -0.1) is 0 Å². The molecule has 0 unspecified atom stereocenters. The smallest absolute Gasteiger partial charge is 0.00559 e. The van der Waals surface area contributed by atoms with E-state index >= 15 is 0 Å². The lowest BCUT2D eigenvalue weighted by molar-refractivity contribution is 0.682. The lowest BCUT2D eigenvalue weighted by Gasteiger charge is -2.33. The minimum absolute atomic E-state index is 0.752. The fourth-order valence-electron chi connectivity index (χ4n) is 7.72. The van der Waals surface area contributed by atoms with E-state index in [0.717, 1.165) is 0 Å². The molecule has 2 aliphatic rings. The fourth-order valence-corrected chi connectivity index (χ4v) is 12.7. The molecule has 0 nitrogen and oxygen atoms in total. The van der Waals surface area contributed by atoms with Gasteiger partial charge in [0.1, 0.15) is 0 Å². The molecule has 0 fully saturated rings. The molecule has 0 N–H and O–H groups in total. The Bertz CT molecular complexity index is 1710. The van der Waals surface area contributed by atoms with E-state index < -0.39 is 15.8 Å². The van der Waals surface area contributed by atoms with Crippen molar-refractivity contribution in [2.45, 2.75) is 51.4 Å². The second kappa shape index (κ2) is 13.5. The highest BCUT2D eigenvalue weighted by molar-refractivity contribution is 7.80. The van der Waals surface area contributed by atoms with E-state index in [1.807, 2.05) is 0 Å². The number of aryl methyl sites for hydroxylation is 2. The van der Waals surface area contributed by atoms with Gasteiger partial charge in [-0.05, 0) is 132 Å². The molecule has 0 amide bonds. The Kier molecular flexibility index (Phi) is 8.68. The van der Waals surface area contributed by atoms with Crippen LogP contribution in [0, 0.1) is 0 Å². The number of rotatable bonds is 7. The summed E-state index contributed by atoms with van der Waals surface area (Å²) in [7, 11) is -1.50. The van der Waals surface area contributed by atoms with Crippen LogP contribution in [0.5, 0.6) is 0 Å². The summed E-state index contributed by atoms with van der Waals surface area (Å²) in [4.78, 5) is 0. The molecule has 0 saturated heterocycles. The summed E-state index contributed by atoms with van der Waals surface area (Å²) in [5.74, 6) is 0. The van der Waals surface area contributed by atoms with Crippen molar-refractivity contribution < 1.29 is 0 Å². The minimum atomic E-state index is -0.752. The second-order valence-electron chi connectivity index (χ2n) is 12.6. The molecule has 0 heterocycles. The van der Waals surface area contributed by atoms with Crippen LogP contribution in [0.25, 0.3) is 11.1 Å². The van der Waals surface area contributed by atoms with E-state index in [1.54, 1.807) is 33.4 Å². The first kappa shape index (κ1) is 29.6. The monoisotopic (exact) mass is 630 g/mol. The van der Waals surface area contributed by atoms with Crippen molar-refractivity contribution in [1.29, 1.82) is 0 Å². The number of hydrogen-bond acceptors (Lipinski definition) is 0. The maximum atomic E-state index is 2.55. The third kappa shape index (κ3) is 5.68. The van der Waals surface area contributed by atoms with E-state index in [4.69, 9.17) is 0 Å². The normalized spacial score (nSPS) is 14.2. The topological polar surface area (TPSA) is 0 Å². The van der Waals surface area contributed by atoms with Crippen LogP contribution in [-0.2, 0) is 25.7 Å². The van der Waals surface area contributed by atoms with Crippen molar-refractivity contribution in [3.63, 3.8) is 0 Å². The summed E-state index contributed by atoms with van der Waals surface area (Å²) in [6.45, 7) is 0. The Hall–Kier alpha value is -3.82. The van der Waals surface area contributed by atoms with Crippen LogP contribution in [0.2, 0.25) is 0 Å². The predicted molar refractivity (Wildman–Crippen MR) is 203 cm³/mol. The van der Waals surface area contributed by atoms with Crippen LogP contribution >= 0.6 is 15.8 Å². The van der Waals surface area contributed by atoms with Gasteiger partial charge in [0.2, 0.25) is 0 Å². The molecule has 0 radical (unpaired) electrons. The van der Waals surface area contributed by atoms with Crippen LogP contribution in [-0.4, -0.2) is 0 Å². The van der Waals surface area contributed by atoms with Gasteiger partial charge in [0.05, 0.1) is 0 Å². The molecule has 8 rings (SSSR count). The van der Waals surface area contributed by atoms with Crippen LogP contribution < -0.4 is 31.8 Å². The Balaban J connectivity index is 1.48. The Labute approximate surface area is 277 Å². The third-order valence-electron chi connectivity index (χ3n) is 9.81. The van der Waals surface area contributed by atoms with Gasteiger partial charge in [0.15, 0.2) is 0 Å². The first-order valence-electron chi connectivity index (χ1n) is 17.0. The molecule has 0 aliphatic heterocycles. The maximum Gasteiger partial charge on any atom is -0.00559 e. The predicted octanol–water partition coefficient (Wildman–Crippen LogP) is 8.63. The minimum Gasteiger partial charge on any atom is -0.0622 e. The molecule has 226 valence electrons. The first-order chi connectivity index (χ1) is 22.9. The van der Waals surface area contributed by atoms with Crippen molar-refractivity contribution in [1.82, 2.24) is 0 Å². The van der Waals surface area contributed by atoms with Crippen molar-refractivity contribution in [2.24, 2.45) is 0 Å². The highest BCUT2D eigenvalue weighted by Gasteiger charge is 2.31. The molecule has 2 heteroatoms. The molecule has 46 heavy (non-hydrogen) atoms. The number of benzene rings is 6. The molecule has 6 aromatic rings. The zero-order chi connectivity index (χ0) is 30.7. The van der Waals surface area contributed by atoms with E-state index in [2.05, 4.69) is 146 Å². The highest BCUT2D eigenvalue weighted by Crippen LogP contribution is 2.46. The number of fused-ring (bicyclic) bond motifs is 2. The summed E-state index contributed by atoms with van der Waals surface area (Å²) in [5.41, 5.74) is 9.54. The molecule has 2 aliphatic carbocycles. The second-order valence-corrected chi connectivity index (χ2v) is 17.0. The molecule has 6 aromatic carbocycles. The molecule has 0 saturated carbocycles. The van der Waals surface area contributed by atoms with Gasteiger partial charge < -0.3 is 0 Å². The summed E-state index contributed by atoms with van der Waals surface area (Å²) in [6.07, 6.45) is 9.84. The number of hydrogen-bond donors (Lipinski definition) is 0. The molecule has 0 aromatic heterocycles. The zero-order valence-electron chi connectivity index (χ0n) is 26.4. The summed E-state index contributed by atoms with van der Waals surface area (Å²) in [5, 5.41) is 8.79. The van der Waals surface area contributed by atoms with Gasteiger partial charge in [-0.2, -0.15) is 0 Å². The standard InChI is InChI=1S/C44H40P2/c1-5-19-35(20-6-1)45(36-21-7-2-8-22-36)41-31-29-33-17-13-15-27-39(33)43(41)44-40-28-16-14-18-34(40)30-32-42(44)46(37-23-9-3-10-24-37)38-25-11-4-12-26-38/h1-12,19-26,29-32H,13-18,27-28H2. The average Bonchev–Trinajstić information content (AvgIpc) is 3.14. The largest absolute Gasteiger partial charge is 0.0622 e. The van der Waals surface area contributed by atoms with E-state index in [9.17, 15) is 0 Å². The van der Waals surface area contributed by atoms with Gasteiger partial charge in [-0.3, -0.25) is 0 Å². The van der Waals surface area contributed by atoms with E-state index in [-0.39, 0.29) is 0 Å². The SMILES string of the molecule is c1ccc(P(c2ccccc2)c2ccc3c(c2-c2c(P(c4ccccc4)c4ccccc4)ccc4c2CCCC4)CCCC3)cc1. The maximum absolute atomic E-state index is 2.55. The zero-order valence-corrected chi connectivity index (χ0v) is 28.2.